The van der Waals surface area contributed by atoms with E-state index in [1.165, 1.54) is 18.3 Å². The van der Waals surface area contributed by atoms with Crippen molar-refractivity contribution in [1.29, 1.82) is 0 Å². The SMILES string of the molecule is CCS(=O)(=O)CNC[C@H](C)Oc1cc(F)cc(NC(=O)Nc2cccnc2)c1. The number of sulfone groups is 1. The lowest BCUT2D eigenvalue weighted by Gasteiger charge is -2.16. The van der Waals surface area contributed by atoms with Gasteiger partial charge in [-0.3, -0.25) is 4.98 Å². The van der Waals surface area contributed by atoms with Gasteiger partial charge >= 0.3 is 6.03 Å². The van der Waals surface area contributed by atoms with Gasteiger partial charge in [-0.15, -0.1) is 0 Å². The molecule has 0 unspecified atom stereocenters. The fourth-order valence-electron chi connectivity index (χ4n) is 2.23. The van der Waals surface area contributed by atoms with E-state index in [0.717, 1.165) is 6.07 Å². The Morgan fingerprint density at radius 1 is 1.25 bits per heavy atom. The molecule has 0 aliphatic rings. The van der Waals surface area contributed by atoms with E-state index in [1.807, 2.05) is 0 Å². The highest BCUT2D eigenvalue weighted by molar-refractivity contribution is 7.91. The van der Waals surface area contributed by atoms with Gasteiger partial charge in [0, 0.05) is 36.3 Å². The van der Waals surface area contributed by atoms with Gasteiger partial charge in [-0.2, -0.15) is 0 Å². The largest absolute Gasteiger partial charge is 0.489 e. The van der Waals surface area contributed by atoms with Crippen molar-refractivity contribution >= 4 is 27.2 Å². The number of hydrogen-bond donors (Lipinski definition) is 3. The Bertz CT molecular complexity index is 894. The van der Waals surface area contributed by atoms with Crippen LogP contribution in [0.3, 0.4) is 0 Å². The Hall–Kier alpha value is -2.72. The first-order chi connectivity index (χ1) is 13.3. The number of nitrogens with zero attached hydrogens (tertiary/aromatic N) is 1. The third-order valence-electron chi connectivity index (χ3n) is 3.58. The van der Waals surface area contributed by atoms with Crippen molar-refractivity contribution in [2.45, 2.75) is 20.0 Å². The van der Waals surface area contributed by atoms with Gasteiger partial charge in [0.05, 0.1) is 17.8 Å². The number of carbonyl (C=O) groups excluding carboxylic acids is 1. The van der Waals surface area contributed by atoms with Crippen LogP contribution >= 0.6 is 0 Å². The summed E-state index contributed by atoms with van der Waals surface area (Å²) < 4.78 is 42.4. The monoisotopic (exact) mass is 410 g/mol. The number of carbonyl (C=O) groups is 1. The van der Waals surface area contributed by atoms with Crippen LogP contribution in [-0.2, 0) is 9.84 Å². The van der Waals surface area contributed by atoms with Gasteiger partial charge in [-0.25, -0.2) is 17.6 Å². The standard InChI is InChI=1S/C18H23FN4O4S/c1-3-28(25,26)12-21-10-13(2)27-17-8-14(19)7-16(9-17)23-18(24)22-15-5-4-6-20-11-15/h4-9,11,13,21H,3,10,12H2,1-2H3,(H2,22,23,24)/t13-/m0/s1. The number of halogens is 1. The number of ether oxygens (including phenoxy) is 1. The lowest BCUT2D eigenvalue weighted by atomic mass is 10.3. The molecule has 1 aromatic carbocycles. The Morgan fingerprint density at radius 2 is 2.00 bits per heavy atom. The van der Waals surface area contributed by atoms with Gasteiger partial charge < -0.3 is 20.7 Å². The number of amides is 2. The predicted octanol–water partition coefficient (Wildman–Crippen LogP) is 2.61. The molecule has 2 amide bonds. The van der Waals surface area contributed by atoms with Crippen LogP contribution in [0.25, 0.3) is 0 Å². The van der Waals surface area contributed by atoms with Gasteiger partial charge in [0.25, 0.3) is 0 Å². The van der Waals surface area contributed by atoms with Crippen LogP contribution in [0.5, 0.6) is 5.75 Å². The normalized spacial score (nSPS) is 12.2. The molecule has 1 aromatic heterocycles. The number of urea groups is 1. The maximum Gasteiger partial charge on any atom is 0.323 e. The molecule has 2 aromatic rings. The first kappa shape index (κ1) is 21.6. The third kappa shape index (κ3) is 7.49. The maximum atomic E-state index is 13.9. The summed E-state index contributed by atoms with van der Waals surface area (Å²) in [6.07, 6.45) is 2.64. The first-order valence-electron chi connectivity index (χ1n) is 8.64. The van der Waals surface area contributed by atoms with Crippen molar-refractivity contribution in [2.24, 2.45) is 0 Å². The van der Waals surface area contributed by atoms with E-state index < -0.39 is 27.8 Å². The number of benzene rings is 1. The van der Waals surface area contributed by atoms with E-state index >= 15 is 0 Å². The van der Waals surface area contributed by atoms with Gasteiger partial charge in [0.15, 0.2) is 9.84 Å². The van der Waals surface area contributed by atoms with Crippen LogP contribution < -0.4 is 20.7 Å². The predicted molar refractivity (Wildman–Crippen MR) is 106 cm³/mol. The van der Waals surface area contributed by atoms with Crippen LogP contribution in [-0.4, -0.2) is 43.7 Å². The smallest absolute Gasteiger partial charge is 0.323 e. The van der Waals surface area contributed by atoms with E-state index in [-0.39, 0.29) is 29.6 Å². The van der Waals surface area contributed by atoms with Crippen LogP contribution in [0.15, 0.2) is 42.7 Å². The van der Waals surface area contributed by atoms with Gasteiger partial charge in [-0.1, -0.05) is 6.92 Å². The summed E-state index contributed by atoms with van der Waals surface area (Å²) in [5, 5.41) is 7.89. The molecule has 2 rings (SSSR count). The summed E-state index contributed by atoms with van der Waals surface area (Å²) in [7, 11) is -3.13. The molecular weight excluding hydrogens is 387 g/mol. The molecule has 10 heteroatoms. The van der Waals surface area contributed by atoms with Crippen molar-refractivity contribution < 1.29 is 22.3 Å². The number of aromatic nitrogens is 1. The van der Waals surface area contributed by atoms with Crippen LogP contribution in [0.2, 0.25) is 0 Å². The maximum absolute atomic E-state index is 13.9. The van der Waals surface area contributed by atoms with E-state index in [0.29, 0.717) is 5.69 Å². The number of pyridine rings is 1. The third-order valence-corrected chi connectivity index (χ3v) is 5.10. The molecule has 0 aliphatic heterocycles. The highest BCUT2D eigenvalue weighted by Crippen LogP contribution is 2.21. The van der Waals surface area contributed by atoms with Crippen molar-refractivity contribution in [2.75, 3.05) is 28.8 Å². The second kappa shape index (κ2) is 10.00. The number of nitrogens with one attached hydrogen (secondary N) is 3. The summed E-state index contributed by atoms with van der Waals surface area (Å²) in [6.45, 7) is 3.56. The van der Waals surface area contributed by atoms with Gasteiger partial charge in [0.1, 0.15) is 17.7 Å². The van der Waals surface area contributed by atoms with E-state index in [9.17, 15) is 17.6 Å². The second-order valence-electron chi connectivity index (χ2n) is 6.06. The van der Waals surface area contributed by atoms with Crippen molar-refractivity contribution in [3.8, 4) is 5.75 Å². The quantitative estimate of drug-likeness (QED) is 0.586. The molecular formula is C18H23FN4O4S. The average Bonchev–Trinajstić information content (AvgIpc) is 2.61. The summed E-state index contributed by atoms with van der Waals surface area (Å²) in [5.74, 6) is -0.469. The fraction of sp³-hybridized carbons (Fsp3) is 0.333. The van der Waals surface area contributed by atoms with Crippen LogP contribution in [0, 0.1) is 5.82 Å². The zero-order chi connectivity index (χ0) is 20.6. The zero-order valence-electron chi connectivity index (χ0n) is 15.6. The molecule has 0 bridgehead atoms. The molecule has 0 spiro atoms. The number of hydrogen-bond acceptors (Lipinski definition) is 6. The minimum atomic E-state index is -3.13. The molecule has 1 atom stereocenters. The lowest BCUT2D eigenvalue weighted by Crippen LogP contribution is -2.33. The van der Waals surface area contributed by atoms with E-state index in [4.69, 9.17) is 4.74 Å². The average molecular weight is 410 g/mol. The fourth-order valence-corrected chi connectivity index (χ4v) is 2.86. The molecule has 0 saturated heterocycles. The number of anilines is 2. The van der Waals surface area contributed by atoms with Crippen molar-refractivity contribution in [3.05, 3.63) is 48.5 Å². The minimum absolute atomic E-state index is 0.0509. The van der Waals surface area contributed by atoms with E-state index in [2.05, 4.69) is 20.9 Å². The topological polar surface area (TPSA) is 109 Å². The molecule has 152 valence electrons. The van der Waals surface area contributed by atoms with Crippen LogP contribution in [0.1, 0.15) is 13.8 Å². The Labute approximate surface area is 163 Å². The highest BCUT2D eigenvalue weighted by atomic mass is 32.2. The van der Waals surface area contributed by atoms with Gasteiger partial charge in [-0.05, 0) is 25.1 Å². The summed E-state index contributed by atoms with van der Waals surface area (Å²) in [6, 6.07) is 6.61. The van der Waals surface area contributed by atoms with E-state index in [1.54, 1.807) is 32.2 Å². The molecule has 0 aliphatic carbocycles. The summed E-state index contributed by atoms with van der Waals surface area (Å²) >= 11 is 0. The molecule has 0 radical (unpaired) electrons. The Morgan fingerprint density at radius 3 is 2.68 bits per heavy atom. The summed E-state index contributed by atoms with van der Waals surface area (Å²) in [4.78, 5) is 15.9. The van der Waals surface area contributed by atoms with Crippen molar-refractivity contribution in [1.82, 2.24) is 10.3 Å². The Kier molecular flexibility index (Phi) is 7.70. The highest BCUT2D eigenvalue weighted by Gasteiger charge is 2.11. The Balaban J connectivity index is 1.92. The second-order valence-corrected chi connectivity index (χ2v) is 8.41. The molecule has 0 saturated carbocycles. The molecule has 28 heavy (non-hydrogen) atoms. The first-order valence-corrected chi connectivity index (χ1v) is 10.5. The zero-order valence-corrected chi connectivity index (χ0v) is 16.4. The minimum Gasteiger partial charge on any atom is -0.489 e. The summed E-state index contributed by atoms with van der Waals surface area (Å²) in [5.41, 5.74) is 0.708. The molecule has 8 nitrogen and oxygen atoms in total. The van der Waals surface area contributed by atoms with Crippen LogP contribution in [0.4, 0.5) is 20.6 Å². The van der Waals surface area contributed by atoms with Crippen molar-refractivity contribution in [3.63, 3.8) is 0 Å². The molecule has 0 fully saturated rings. The molecule has 3 N–H and O–H groups in total. The van der Waals surface area contributed by atoms with Gasteiger partial charge in [0.2, 0.25) is 0 Å². The lowest BCUT2D eigenvalue weighted by molar-refractivity contribution is 0.219. The number of rotatable bonds is 9. The molecule has 1 heterocycles.